The maximum absolute atomic E-state index is 12.9. The van der Waals surface area contributed by atoms with E-state index in [1.54, 1.807) is 0 Å². The summed E-state index contributed by atoms with van der Waals surface area (Å²) in [6, 6.07) is 0. The first kappa shape index (κ1) is 79.1. The first-order valence-corrected chi connectivity index (χ1v) is 35.4. The molecule has 0 N–H and O–H groups in total. The Hall–Kier alpha value is -3.93. The predicted octanol–water partition coefficient (Wildman–Crippen LogP) is 24.6. The van der Waals surface area contributed by atoms with E-state index in [9.17, 15) is 14.4 Å². The van der Waals surface area contributed by atoms with Gasteiger partial charge in [-0.15, -0.1) is 0 Å². The van der Waals surface area contributed by atoms with Gasteiger partial charge in [-0.3, -0.25) is 14.4 Å². The summed E-state index contributed by atoms with van der Waals surface area (Å²) in [5, 5.41) is 0. The zero-order valence-corrected chi connectivity index (χ0v) is 54.7. The van der Waals surface area contributed by atoms with Gasteiger partial charge in [-0.1, -0.05) is 304 Å². The van der Waals surface area contributed by atoms with Crippen LogP contribution in [0.4, 0.5) is 0 Å². The lowest BCUT2D eigenvalue weighted by Crippen LogP contribution is -2.30. The standard InChI is InChI=1S/C77H132O6/c1-4-7-10-13-16-19-22-25-28-30-32-33-34-35-36-37-38-39-40-41-42-43-45-46-49-52-55-58-61-64-67-70-76(79)82-73-74(72-81-75(78)69-66-63-60-57-54-51-48-27-24-21-18-15-12-9-6-3)83-77(80)71-68-65-62-59-56-53-50-47-44-31-29-26-23-20-17-14-11-8-5-2/h9,12,17-18,20-22,25-27,29-30,32,34-35,48,54,57,74H,4-8,10-11,13-16,19,23-24,28,31,33,36-47,49-53,55-56,58-73H2,1-3H3/b12-9-,20-17-,21-18-,25-22-,29-26-,32-30-,35-34-,48-27-,57-54-. The van der Waals surface area contributed by atoms with Gasteiger partial charge in [0.25, 0.3) is 0 Å². The van der Waals surface area contributed by atoms with Crippen LogP contribution in [0.5, 0.6) is 0 Å². The molecule has 0 fully saturated rings. The molecule has 0 aromatic carbocycles. The number of carbonyl (C=O) groups is 3. The quantitative estimate of drug-likeness (QED) is 0.0261. The molecule has 1 unspecified atom stereocenters. The predicted molar refractivity (Wildman–Crippen MR) is 362 cm³/mol. The summed E-state index contributed by atoms with van der Waals surface area (Å²) in [5.41, 5.74) is 0. The van der Waals surface area contributed by atoms with Crippen LogP contribution in [0.25, 0.3) is 0 Å². The van der Waals surface area contributed by atoms with Gasteiger partial charge in [0.2, 0.25) is 0 Å². The molecule has 0 saturated carbocycles. The number of unbranched alkanes of at least 4 members (excludes halogenated alkanes) is 35. The lowest BCUT2D eigenvalue weighted by Gasteiger charge is -2.18. The molecule has 0 aliphatic carbocycles. The van der Waals surface area contributed by atoms with Crippen molar-refractivity contribution in [3.05, 3.63) is 109 Å². The fourth-order valence-corrected chi connectivity index (χ4v) is 9.94. The van der Waals surface area contributed by atoms with Crippen molar-refractivity contribution in [1.82, 2.24) is 0 Å². The molecule has 0 aliphatic heterocycles. The van der Waals surface area contributed by atoms with Crippen LogP contribution in [-0.2, 0) is 28.6 Å². The van der Waals surface area contributed by atoms with Crippen LogP contribution in [0.15, 0.2) is 109 Å². The van der Waals surface area contributed by atoms with E-state index in [-0.39, 0.29) is 31.1 Å². The largest absolute Gasteiger partial charge is 0.462 e. The zero-order chi connectivity index (χ0) is 59.9. The van der Waals surface area contributed by atoms with Crippen LogP contribution in [0.2, 0.25) is 0 Å². The van der Waals surface area contributed by atoms with Gasteiger partial charge in [0.15, 0.2) is 6.10 Å². The van der Waals surface area contributed by atoms with Crippen molar-refractivity contribution < 1.29 is 28.6 Å². The minimum absolute atomic E-state index is 0.0919. The fraction of sp³-hybridized carbons (Fsp3) is 0.727. The highest BCUT2D eigenvalue weighted by atomic mass is 16.6. The Morgan fingerprint density at radius 2 is 0.470 bits per heavy atom. The molecule has 0 radical (unpaired) electrons. The van der Waals surface area contributed by atoms with E-state index in [1.807, 2.05) is 0 Å². The average Bonchev–Trinajstić information content (AvgIpc) is 3.50. The Balaban J connectivity index is 4.28. The molecule has 0 amide bonds. The van der Waals surface area contributed by atoms with Crippen molar-refractivity contribution >= 4 is 17.9 Å². The topological polar surface area (TPSA) is 78.9 Å². The molecule has 6 nitrogen and oxygen atoms in total. The molecule has 6 heteroatoms. The Labute approximate surface area is 514 Å². The molecule has 0 saturated heterocycles. The fourth-order valence-electron chi connectivity index (χ4n) is 9.94. The second-order valence-corrected chi connectivity index (χ2v) is 23.4. The van der Waals surface area contributed by atoms with Gasteiger partial charge in [0.1, 0.15) is 13.2 Å². The van der Waals surface area contributed by atoms with E-state index in [4.69, 9.17) is 14.2 Å². The lowest BCUT2D eigenvalue weighted by atomic mass is 10.0. The van der Waals surface area contributed by atoms with Crippen LogP contribution in [-0.4, -0.2) is 37.2 Å². The smallest absolute Gasteiger partial charge is 0.306 e. The van der Waals surface area contributed by atoms with Gasteiger partial charge < -0.3 is 14.2 Å². The number of rotatable bonds is 64. The molecule has 476 valence electrons. The van der Waals surface area contributed by atoms with Crippen molar-refractivity contribution in [2.24, 2.45) is 0 Å². The second kappa shape index (κ2) is 70.6. The second-order valence-electron chi connectivity index (χ2n) is 23.4. The molecule has 1 atom stereocenters. The molecule has 0 aromatic rings. The third-order valence-electron chi connectivity index (χ3n) is 15.2. The molecule has 0 heterocycles. The van der Waals surface area contributed by atoms with E-state index >= 15 is 0 Å². The molecular weight excluding hydrogens is 1020 g/mol. The first-order chi connectivity index (χ1) is 41.0. The summed E-state index contributed by atoms with van der Waals surface area (Å²) in [7, 11) is 0. The molecule has 83 heavy (non-hydrogen) atoms. The molecule has 0 aliphatic rings. The van der Waals surface area contributed by atoms with Crippen molar-refractivity contribution in [2.45, 2.75) is 348 Å². The summed E-state index contributed by atoms with van der Waals surface area (Å²) < 4.78 is 16.9. The number of allylic oxidation sites excluding steroid dienone is 18. The Morgan fingerprint density at radius 3 is 0.783 bits per heavy atom. The van der Waals surface area contributed by atoms with Crippen molar-refractivity contribution in [3.63, 3.8) is 0 Å². The summed E-state index contributed by atoms with van der Waals surface area (Å²) in [6.45, 7) is 6.48. The molecule has 0 rings (SSSR count). The zero-order valence-electron chi connectivity index (χ0n) is 54.7. The monoisotopic (exact) mass is 1150 g/mol. The number of ether oxygens (including phenoxy) is 3. The Kier molecular flexibility index (Phi) is 67.2. The van der Waals surface area contributed by atoms with Gasteiger partial charge in [-0.25, -0.2) is 0 Å². The lowest BCUT2D eigenvalue weighted by molar-refractivity contribution is -0.167. The SMILES string of the molecule is CC/C=C\C/C=C\C/C=C\C/C=C\CCCCC(=O)OCC(COC(=O)CCCCCCCCCCCCCCCCCC/C=C\C/C=C\C/C=C\CCCCCCC)OC(=O)CCCCCCCCCCC/C=C\C/C=C\CCCCC. The summed E-state index contributed by atoms with van der Waals surface area (Å²) >= 11 is 0. The van der Waals surface area contributed by atoms with Crippen LogP contribution >= 0.6 is 0 Å². The maximum atomic E-state index is 12.9. The highest BCUT2D eigenvalue weighted by Crippen LogP contribution is 2.17. The van der Waals surface area contributed by atoms with Gasteiger partial charge in [-0.05, 0) is 128 Å². The number of esters is 3. The average molecular weight is 1150 g/mol. The molecule has 0 aromatic heterocycles. The maximum Gasteiger partial charge on any atom is 0.306 e. The Bertz CT molecular complexity index is 1660. The van der Waals surface area contributed by atoms with Crippen LogP contribution < -0.4 is 0 Å². The van der Waals surface area contributed by atoms with Crippen LogP contribution in [0, 0.1) is 0 Å². The first-order valence-electron chi connectivity index (χ1n) is 35.4. The highest BCUT2D eigenvalue weighted by Gasteiger charge is 2.19. The normalized spacial score (nSPS) is 12.8. The molecule has 0 spiro atoms. The van der Waals surface area contributed by atoms with Crippen LogP contribution in [0.3, 0.4) is 0 Å². The van der Waals surface area contributed by atoms with E-state index in [0.717, 1.165) is 103 Å². The van der Waals surface area contributed by atoms with Crippen molar-refractivity contribution in [1.29, 1.82) is 0 Å². The molecule has 0 bridgehead atoms. The van der Waals surface area contributed by atoms with Gasteiger partial charge in [-0.2, -0.15) is 0 Å². The number of hydrogen-bond acceptors (Lipinski definition) is 6. The third-order valence-corrected chi connectivity index (χ3v) is 15.2. The van der Waals surface area contributed by atoms with E-state index in [2.05, 4.69) is 130 Å². The van der Waals surface area contributed by atoms with Gasteiger partial charge >= 0.3 is 17.9 Å². The minimum Gasteiger partial charge on any atom is -0.462 e. The number of carbonyl (C=O) groups excluding carboxylic acids is 3. The highest BCUT2D eigenvalue weighted by molar-refractivity contribution is 5.71. The molecular formula is C77H132O6. The summed E-state index contributed by atoms with van der Waals surface area (Å²) in [6.07, 6.45) is 96.9. The van der Waals surface area contributed by atoms with E-state index < -0.39 is 6.10 Å². The summed E-state index contributed by atoms with van der Waals surface area (Å²) in [5.74, 6) is -0.927. The van der Waals surface area contributed by atoms with E-state index in [1.165, 1.54) is 199 Å². The third kappa shape index (κ3) is 68.7. The minimum atomic E-state index is -0.800. The van der Waals surface area contributed by atoms with Gasteiger partial charge in [0.05, 0.1) is 0 Å². The summed E-state index contributed by atoms with van der Waals surface area (Å²) in [4.78, 5) is 38.4. The Morgan fingerprint density at radius 1 is 0.253 bits per heavy atom. The number of hydrogen-bond donors (Lipinski definition) is 0. The van der Waals surface area contributed by atoms with Crippen molar-refractivity contribution in [3.8, 4) is 0 Å². The van der Waals surface area contributed by atoms with Gasteiger partial charge in [0, 0.05) is 19.3 Å². The van der Waals surface area contributed by atoms with E-state index in [0.29, 0.717) is 19.3 Å². The van der Waals surface area contributed by atoms with Crippen LogP contribution in [0.1, 0.15) is 342 Å². The van der Waals surface area contributed by atoms with Crippen molar-refractivity contribution in [2.75, 3.05) is 13.2 Å².